The third kappa shape index (κ3) is 4.62. The van der Waals surface area contributed by atoms with Crippen LogP contribution in [-0.2, 0) is 4.79 Å². The van der Waals surface area contributed by atoms with Gasteiger partial charge in [-0.25, -0.2) is 0 Å². The van der Waals surface area contributed by atoms with E-state index in [1.807, 2.05) is 54.6 Å². The zero-order valence-corrected chi connectivity index (χ0v) is 17.9. The first kappa shape index (κ1) is 21.1. The fourth-order valence-electron chi connectivity index (χ4n) is 3.43. The smallest absolute Gasteiger partial charge is 0.318 e. The molecule has 32 heavy (non-hydrogen) atoms. The van der Waals surface area contributed by atoms with E-state index in [1.54, 1.807) is 50.4 Å². The van der Waals surface area contributed by atoms with Crippen LogP contribution in [0, 0.1) is 0 Å². The van der Waals surface area contributed by atoms with Gasteiger partial charge >= 0.3 is 5.97 Å². The van der Waals surface area contributed by atoms with Gasteiger partial charge in [0.2, 0.25) is 0 Å². The lowest BCUT2D eigenvalue weighted by Gasteiger charge is -2.15. The largest absolute Gasteiger partial charge is 0.497 e. The van der Waals surface area contributed by atoms with Crippen LogP contribution in [0.1, 0.15) is 28.8 Å². The van der Waals surface area contributed by atoms with Gasteiger partial charge in [0, 0.05) is 5.69 Å². The first-order valence-electron chi connectivity index (χ1n) is 10.3. The highest BCUT2D eigenvalue weighted by atomic mass is 16.5. The molecule has 160 valence electrons. The predicted octanol–water partition coefficient (Wildman–Crippen LogP) is 5.81. The lowest BCUT2D eigenvalue weighted by atomic mass is 9.98. The molecule has 5 nitrogen and oxygen atoms in total. The van der Waals surface area contributed by atoms with Crippen molar-refractivity contribution in [2.24, 2.45) is 0 Å². The summed E-state index contributed by atoms with van der Waals surface area (Å²) in [7, 11) is 1.63. The Hall–Kier alpha value is -4.12. The Kier molecular flexibility index (Phi) is 6.17. The van der Waals surface area contributed by atoms with Crippen molar-refractivity contribution in [1.29, 1.82) is 0 Å². The van der Waals surface area contributed by atoms with Crippen LogP contribution >= 0.6 is 0 Å². The van der Waals surface area contributed by atoms with Crippen molar-refractivity contribution in [3.8, 4) is 11.5 Å². The van der Waals surface area contributed by atoms with E-state index in [9.17, 15) is 9.59 Å². The molecule has 0 saturated carbocycles. The fraction of sp³-hybridized carbons (Fsp3) is 0.111. The molecule has 1 atom stereocenters. The molecular weight excluding hydrogens is 402 g/mol. The Morgan fingerprint density at radius 3 is 2.28 bits per heavy atom. The molecule has 5 heteroatoms. The molecule has 1 unspecified atom stereocenters. The van der Waals surface area contributed by atoms with Crippen LogP contribution in [0.25, 0.3) is 10.8 Å². The number of ether oxygens (including phenoxy) is 2. The Balaban J connectivity index is 1.52. The second-order valence-corrected chi connectivity index (χ2v) is 7.43. The summed E-state index contributed by atoms with van der Waals surface area (Å²) >= 11 is 0. The van der Waals surface area contributed by atoms with Gasteiger partial charge in [-0.15, -0.1) is 0 Å². The van der Waals surface area contributed by atoms with Gasteiger partial charge in [0.25, 0.3) is 5.91 Å². The average molecular weight is 425 g/mol. The highest BCUT2D eigenvalue weighted by molar-refractivity contribution is 6.06. The summed E-state index contributed by atoms with van der Waals surface area (Å²) in [5, 5.41) is 4.85. The maximum atomic E-state index is 12.9. The van der Waals surface area contributed by atoms with Gasteiger partial charge < -0.3 is 14.8 Å². The summed E-state index contributed by atoms with van der Waals surface area (Å²) < 4.78 is 10.9. The van der Waals surface area contributed by atoms with E-state index in [0.29, 0.717) is 11.3 Å². The molecule has 0 aliphatic rings. The summed E-state index contributed by atoms with van der Waals surface area (Å²) in [5.41, 5.74) is 1.79. The van der Waals surface area contributed by atoms with Gasteiger partial charge in [-0.3, -0.25) is 9.59 Å². The van der Waals surface area contributed by atoms with Crippen LogP contribution in [0.15, 0.2) is 91.0 Å². The topological polar surface area (TPSA) is 64.6 Å². The number of carbonyl (C=O) groups excluding carboxylic acids is 2. The monoisotopic (exact) mass is 425 g/mol. The number of rotatable bonds is 6. The van der Waals surface area contributed by atoms with Gasteiger partial charge in [-0.2, -0.15) is 0 Å². The summed E-state index contributed by atoms with van der Waals surface area (Å²) in [6.07, 6.45) is 0. The number of hydrogen-bond donors (Lipinski definition) is 1. The van der Waals surface area contributed by atoms with Crippen molar-refractivity contribution < 1.29 is 19.1 Å². The molecule has 0 aliphatic heterocycles. The third-order valence-corrected chi connectivity index (χ3v) is 5.30. The van der Waals surface area contributed by atoms with Gasteiger partial charge in [0.15, 0.2) is 0 Å². The summed E-state index contributed by atoms with van der Waals surface area (Å²) in [6.45, 7) is 1.79. The highest BCUT2D eigenvalue weighted by Gasteiger charge is 2.21. The molecular formula is C27H23NO4. The first-order chi connectivity index (χ1) is 15.5. The van der Waals surface area contributed by atoms with Gasteiger partial charge in [-0.1, -0.05) is 54.6 Å². The quantitative estimate of drug-likeness (QED) is 0.313. The second kappa shape index (κ2) is 9.35. The van der Waals surface area contributed by atoms with E-state index in [2.05, 4.69) is 5.32 Å². The number of methoxy groups -OCH3 is 1. The molecule has 1 N–H and O–H groups in total. The molecule has 0 spiro atoms. The van der Waals surface area contributed by atoms with Crippen molar-refractivity contribution in [3.63, 3.8) is 0 Å². The van der Waals surface area contributed by atoms with Crippen LogP contribution in [0.2, 0.25) is 0 Å². The van der Waals surface area contributed by atoms with E-state index in [0.717, 1.165) is 22.1 Å². The SMILES string of the molecule is COc1ccc2cc(C(C)C(=O)Oc3ccccc3C(=O)Nc3ccccc3)ccc2c1. The minimum atomic E-state index is -0.508. The van der Waals surface area contributed by atoms with Crippen molar-refractivity contribution in [2.45, 2.75) is 12.8 Å². The first-order valence-corrected chi connectivity index (χ1v) is 10.3. The zero-order valence-electron chi connectivity index (χ0n) is 17.9. The number of fused-ring (bicyclic) bond motifs is 1. The van der Waals surface area contributed by atoms with Crippen LogP contribution in [-0.4, -0.2) is 19.0 Å². The standard InChI is InChI=1S/C27H23NO4/c1-18(19-12-13-21-17-23(31-2)15-14-20(21)16-19)27(30)32-25-11-7-6-10-24(25)26(29)28-22-8-4-3-5-9-22/h3-18H,1-2H3,(H,28,29). The van der Waals surface area contributed by atoms with Crippen LogP contribution < -0.4 is 14.8 Å². The number of nitrogens with one attached hydrogen (secondary N) is 1. The number of amides is 1. The van der Waals surface area contributed by atoms with Gasteiger partial charge in [0.1, 0.15) is 11.5 Å². The molecule has 0 radical (unpaired) electrons. The lowest BCUT2D eigenvalue weighted by Crippen LogP contribution is -2.19. The van der Waals surface area contributed by atoms with Crippen molar-refractivity contribution >= 4 is 28.3 Å². The molecule has 4 aromatic carbocycles. The fourth-order valence-corrected chi connectivity index (χ4v) is 3.43. The molecule has 1 amide bonds. The highest BCUT2D eigenvalue weighted by Crippen LogP contribution is 2.27. The number of hydrogen-bond acceptors (Lipinski definition) is 4. The molecule has 4 rings (SSSR count). The van der Waals surface area contributed by atoms with E-state index < -0.39 is 11.9 Å². The number of esters is 1. The molecule has 0 aliphatic carbocycles. The van der Waals surface area contributed by atoms with Crippen LogP contribution in [0.5, 0.6) is 11.5 Å². The lowest BCUT2D eigenvalue weighted by molar-refractivity contribution is -0.135. The second-order valence-electron chi connectivity index (χ2n) is 7.43. The molecule has 0 bridgehead atoms. The minimum Gasteiger partial charge on any atom is -0.497 e. The van der Waals surface area contributed by atoms with Crippen molar-refractivity contribution in [3.05, 3.63) is 102 Å². The van der Waals surface area contributed by atoms with Crippen LogP contribution in [0.3, 0.4) is 0 Å². The van der Waals surface area contributed by atoms with E-state index in [-0.39, 0.29) is 11.7 Å². The van der Waals surface area contributed by atoms with Gasteiger partial charge in [-0.05, 0) is 59.7 Å². The summed E-state index contributed by atoms with van der Waals surface area (Å²) in [6, 6.07) is 27.5. The Labute approximate surface area is 186 Å². The number of benzene rings is 4. The number of carbonyl (C=O) groups is 2. The summed E-state index contributed by atoms with van der Waals surface area (Å²) in [4.78, 5) is 25.7. The Morgan fingerprint density at radius 1 is 0.812 bits per heavy atom. The van der Waals surface area contributed by atoms with Crippen LogP contribution in [0.4, 0.5) is 5.69 Å². The molecule has 0 heterocycles. The predicted molar refractivity (Wildman–Crippen MR) is 125 cm³/mol. The van der Waals surface area contributed by atoms with Crippen molar-refractivity contribution in [2.75, 3.05) is 12.4 Å². The molecule has 4 aromatic rings. The molecule has 0 saturated heterocycles. The molecule has 0 fully saturated rings. The van der Waals surface area contributed by atoms with Crippen molar-refractivity contribution in [1.82, 2.24) is 0 Å². The van der Waals surface area contributed by atoms with Gasteiger partial charge in [0.05, 0.1) is 18.6 Å². The maximum absolute atomic E-state index is 12.9. The van der Waals surface area contributed by atoms with E-state index >= 15 is 0 Å². The normalized spacial score (nSPS) is 11.6. The summed E-state index contributed by atoms with van der Waals surface area (Å²) in [5.74, 6) is -0.275. The molecule has 0 aromatic heterocycles. The number of anilines is 1. The minimum absolute atomic E-state index is 0.225. The Morgan fingerprint density at radius 2 is 1.50 bits per heavy atom. The average Bonchev–Trinajstić information content (AvgIpc) is 2.83. The third-order valence-electron chi connectivity index (χ3n) is 5.30. The number of para-hydroxylation sites is 2. The maximum Gasteiger partial charge on any atom is 0.318 e. The Bertz CT molecular complexity index is 1270. The van der Waals surface area contributed by atoms with E-state index in [1.165, 1.54) is 0 Å². The van der Waals surface area contributed by atoms with E-state index in [4.69, 9.17) is 9.47 Å². The zero-order chi connectivity index (χ0) is 22.5.